The van der Waals surface area contributed by atoms with Crippen LogP contribution in [0, 0.1) is 0 Å². The van der Waals surface area contributed by atoms with Crippen molar-refractivity contribution in [2.24, 2.45) is 0 Å². The average Bonchev–Trinajstić information content (AvgIpc) is 2.72. The first-order valence-electron chi connectivity index (χ1n) is 5.70. The first-order valence-corrected chi connectivity index (χ1v) is 6.58. The summed E-state index contributed by atoms with van der Waals surface area (Å²) in [5.41, 5.74) is 0.818. The largest absolute Gasteiger partial charge is 0.465 e. The summed E-state index contributed by atoms with van der Waals surface area (Å²) in [6, 6.07) is 0. The molecule has 0 bridgehead atoms. The van der Waals surface area contributed by atoms with Crippen LogP contribution in [0.25, 0.3) is 0 Å². The molecule has 1 heterocycles. The van der Waals surface area contributed by atoms with Gasteiger partial charge in [-0.2, -0.15) is 0 Å². The summed E-state index contributed by atoms with van der Waals surface area (Å²) < 4.78 is 9.75. The van der Waals surface area contributed by atoms with Crippen molar-refractivity contribution in [3.05, 3.63) is 21.4 Å². The van der Waals surface area contributed by atoms with Gasteiger partial charge in [-0.3, -0.25) is 0 Å². The molecule has 0 aliphatic heterocycles. The molecule has 0 saturated carbocycles. The van der Waals surface area contributed by atoms with Gasteiger partial charge in [0.2, 0.25) is 0 Å². The molecule has 0 fully saturated rings. The zero-order chi connectivity index (χ0) is 13.9. The van der Waals surface area contributed by atoms with Gasteiger partial charge in [0, 0.05) is 5.38 Å². The van der Waals surface area contributed by atoms with E-state index in [2.05, 4.69) is 0 Å². The van der Waals surface area contributed by atoms with Crippen molar-refractivity contribution in [2.45, 2.75) is 33.1 Å². The molecule has 0 aliphatic carbocycles. The summed E-state index contributed by atoms with van der Waals surface area (Å²) in [6.07, 6.45) is 0. The zero-order valence-corrected chi connectivity index (χ0v) is 12.1. The molecule has 1 aromatic heterocycles. The molecule has 5 heteroatoms. The van der Waals surface area contributed by atoms with E-state index >= 15 is 0 Å². The third kappa shape index (κ3) is 2.90. The Balaban J connectivity index is 3.33. The fourth-order valence-electron chi connectivity index (χ4n) is 1.70. The summed E-state index contributed by atoms with van der Waals surface area (Å²) in [5, 5.41) is 1.66. The summed E-state index contributed by atoms with van der Waals surface area (Å²) >= 11 is 1.21. The molecule has 0 aliphatic rings. The summed E-state index contributed by atoms with van der Waals surface area (Å²) in [4.78, 5) is 24.0. The minimum atomic E-state index is -0.416. The molecule has 4 nitrogen and oxygen atoms in total. The Morgan fingerprint density at radius 1 is 1.28 bits per heavy atom. The van der Waals surface area contributed by atoms with Gasteiger partial charge in [0.05, 0.1) is 19.3 Å². The van der Waals surface area contributed by atoms with E-state index in [1.807, 2.05) is 20.8 Å². The molecule has 0 radical (unpaired) electrons. The maximum atomic E-state index is 11.9. The Bertz CT molecular complexity index is 454. The number of thiophene rings is 1. The standard InChI is InChI=1S/C13H18O4S/c1-6-17-11(14)8-7-18-10(12(15)16-5)9(8)13(2,3)4/h7H,6H2,1-5H3. The molecule has 1 aromatic rings. The van der Waals surface area contributed by atoms with Gasteiger partial charge in [0.15, 0.2) is 0 Å². The van der Waals surface area contributed by atoms with Crippen LogP contribution in [0.1, 0.15) is 53.3 Å². The van der Waals surface area contributed by atoms with Crippen molar-refractivity contribution >= 4 is 23.3 Å². The molecule has 100 valence electrons. The molecule has 18 heavy (non-hydrogen) atoms. The first-order chi connectivity index (χ1) is 8.32. The highest BCUT2D eigenvalue weighted by atomic mass is 32.1. The number of carbonyl (C=O) groups excluding carboxylic acids is 2. The van der Waals surface area contributed by atoms with E-state index in [4.69, 9.17) is 9.47 Å². The molecule has 0 amide bonds. The maximum Gasteiger partial charge on any atom is 0.348 e. The molecular formula is C13H18O4S. The predicted octanol–water partition coefficient (Wildman–Crippen LogP) is 3.01. The van der Waals surface area contributed by atoms with E-state index < -0.39 is 11.9 Å². The van der Waals surface area contributed by atoms with Gasteiger partial charge in [-0.1, -0.05) is 20.8 Å². The highest BCUT2D eigenvalue weighted by Gasteiger charge is 2.30. The van der Waals surface area contributed by atoms with Crippen LogP contribution in [0.2, 0.25) is 0 Å². The topological polar surface area (TPSA) is 52.6 Å². The molecule has 0 aromatic carbocycles. The van der Waals surface area contributed by atoms with E-state index in [-0.39, 0.29) is 5.41 Å². The fraction of sp³-hybridized carbons (Fsp3) is 0.538. The lowest BCUT2D eigenvalue weighted by Crippen LogP contribution is -2.20. The molecular weight excluding hydrogens is 252 g/mol. The average molecular weight is 270 g/mol. The molecule has 0 unspecified atom stereocenters. The van der Waals surface area contributed by atoms with E-state index in [1.165, 1.54) is 18.4 Å². The Labute approximate surface area is 111 Å². The summed E-state index contributed by atoms with van der Waals surface area (Å²) in [7, 11) is 1.33. The minimum Gasteiger partial charge on any atom is -0.465 e. The van der Waals surface area contributed by atoms with Crippen LogP contribution in [0.3, 0.4) is 0 Å². The number of rotatable bonds is 3. The van der Waals surface area contributed by atoms with Crippen molar-refractivity contribution < 1.29 is 19.1 Å². The van der Waals surface area contributed by atoms with Crippen molar-refractivity contribution in [2.75, 3.05) is 13.7 Å². The van der Waals surface area contributed by atoms with Crippen LogP contribution in [0.4, 0.5) is 0 Å². The number of esters is 2. The second kappa shape index (κ2) is 5.52. The first kappa shape index (κ1) is 14.7. The highest BCUT2D eigenvalue weighted by molar-refractivity contribution is 7.12. The number of ether oxygens (including phenoxy) is 2. The van der Waals surface area contributed by atoms with Gasteiger partial charge in [-0.25, -0.2) is 9.59 Å². The lowest BCUT2D eigenvalue weighted by molar-refractivity contribution is 0.0524. The van der Waals surface area contributed by atoms with E-state index in [1.54, 1.807) is 12.3 Å². The molecule has 0 atom stereocenters. The highest BCUT2D eigenvalue weighted by Crippen LogP contribution is 2.34. The number of methoxy groups -OCH3 is 1. The van der Waals surface area contributed by atoms with Gasteiger partial charge in [-0.05, 0) is 17.9 Å². The Morgan fingerprint density at radius 3 is 2.33 bits per heavy atom. The van der Waals surface area contributed by atoms with E-state index in [0.29, 0.717) is 22.6 Å². The smallest absolute Gasteiger partial charge is 0.348 e. The monoisotopic (exact) mass is 270 g/mol. The Kier molecular flexibility index (Phi) is 4.51. The normalized spacial score (nSPS) is 11.2. The maximum absolute atomic E-state index is 11.9. The zero-order valence-electron chi connectivity index (χ0n) is 11.3. The van der Waals surface area contributed by atoms with Crippen molar-refractivity contribution in [3.8, 4) is 0 Å². The Morgan fingerprint density at radius 2 is 1.89 bits per heavy atom. The van der Waals surface area contributed by atoms with Crippen LogP contribution in [-0.2, 0) is 14.9 Å². The number of hydrogen-bond donors (Lipinski definition) is 0. The molecule has 0 saturated heterocycles. The Hall–Kier alpha value is -1.36. The van der Waals surface area contributed by atoms with Crippen LogP contribution in [-0.4, -0.2) is 25.7 Å². The molecule has 0 spiro atoms. The number of hydrogen-bond acceptors (Lipinski definition) is 5. The predicted molar refractivity (Wildman–Crippen MR) is 70.3 cm³/mol. The van der Waals surface area contributed by atoms with Crippen molar-refractivity contribution in [1.82, 2.24) is 0 Å². The van der Waals surface area contributed by atoms with Crippen LogP contribution in [0.5, 0.6) is 0 Å². The number of carbonyl (C=O) groups is 2. The van der Waals surface area contributed by atoms with Gasteiger partial charge >= 0.3 is 11.9 Å². The summed E-state index contributed by atoms with van der Waals surface area (Å²) in [6.45, 7) is 7.91. The van der Waals surface area contributed by atoms with Crippen molar-refractivity contribution in [1.29, 1.82) is 0 Å². The third-order valence-corrected chi connectivity index (χ3v) is 3.37. The molecule has 0 N–H and O–H groups in total. The quantitative estimate of drug-likeness (QED) is 0.792. The van der Waals surface area contributed by atoms with E-state index in [0.717, 1.165) is 0 Å². The minimum absolute atomic E-state index is 0.311. The SMILES string of the molecule is CCOC(=O)c1csc(C(=O)OC)c1C(C)(C)C. The van der Waals surface area contributed by atoms with Gasteiger partial charge in [0.1, 0.15) is 4.88 Å². The lowest BCUT2D eigenvalue weighted by Gasteiger charge is -2.20. The van der Waals surface area contributed by atoms with Gasteiger partial charge in [-0.15, -0.1) is 11.3 Å². The second-order valence-electron chi connectivity index (χ2n) is 4.82. The van der Waals surface area contributed by atoms with E-state index in [9.17, 15) is 9.59 Å². The van der Waals surface area contributed by atoms with Gasteiger partial charge < -0.3 is 9.47 Å². The third-order valence-electron chi connectivity index (χ3n) is 2.41. The van der Waals surface area contributed by atoms with Crippen LogP contribution in [0.15, 0.2) is 5.38 Å². The lowest BCUT2D eigenvalue weighted by atomic mass is 9.84. The van der Waals surface area contributed by atoms with Gasteiger partial charge in [0.25, 0.3) is 0 Å². The van der Waals surface area contributed by atoms with Crippen LogP contribution >= 0.6 is 11.3 Å². The molecule has 1 rings (SSSR count). The second-order valence-corrected chi connectivity index (χ2v) is 5.70. The fourth-order valence-corrected chi connectivity index (χ4v) is 2.87. The van der Waals surface area contributed by atoms with Crippen LogP contribution < -0.4 is 0 Å². The summed E-state index contributed by atoms with van der Waals surface area (Å²) in [5.74, 6) is -0.811. The van der Waals surface area contributed by atoms with Crippen molar-refractivity contribution in [3.63, 3.8) is 0 Å².